The molecule has 1 aliphatic heterocycles. The number of thiazole rings is 1. The highest BCUT2D eigenvalue weighted by Crippen LogP contribution is 2.35. The average Bonchev–Trinajstić information content (AvgIpc) is 3.30. The molecule has 0 unspecified atom stereocenters. The maximum atomic E-state index is 12.2. The Morgan fingerprint density at radius 1 is 1.41 bits per heavy atom. The van der Waals surface area contributed by atoms with Crippen LogP contribution in [0.2, 0.25) is 0 Å². The third-order valence-electron chi connectivity index (χ3n) is 4.37. The number of nitrogens with zero attached hydrogens (tertiary/aromatic N) is 2. The highest BCUT2D eigenvalue weighted by atomic mass is 32.1. The molecule has 120 valence electrons. The Kier molecular flexibility index (Phi) is 4.76. The van der Waals surface area contributed by atoms with E-state index in [4.69, 9.17) is 0 Å². The van der Waals surface area contributed by atoms with Crippen LogP contribution in [0.3, 0.4) is 0 Å². The van der Waals surface area contributed by atoms with E-state index in [-0.39, 0.29) is 5.91 Å². The fourth-order valence-electron chi connectivity index (χ4n) is 2.87. The molecular weight excluding hydrogens is 298 g/mol. The van der Waals surface area contributed by atoms with Crippen molar-refractivity contribution >= 4 is 23.2 Å². The van der Waals surface area contributed by atoms with Crippen LogP contribution in [0.25, 0.3) is 0 Å². The summed E-state index contributed by atoms with van der Waals surface area (Å²) in [6, 6.07) is 0. The van der Waals surface area contributed by atoms with Gasteiger partial charge in [0.05, 0.1) is 17.2 Å². The van der Waals surface area contributed by atoms with Crippen molar-refractivity contribution in [1.82, 2.24) is 15.2 Å². The van der Waals surface area contributed by atoms with Crippen molar-refractivity contribution in [3.63, 3.8) is 0 Å². The van der Waals surface area contributed by atoms with Gasteiger partial charge in [-0.1, -0.05) is 6.92 Å². The van der Waals surface area contributed by atoms with Gasteiger partial charge in [0.1, 0.15) is 0 Å². The van der Waals surface area contributed by atoms with E-state index in [2.05, 4.69) is 10.3 Å². The Hall–Kier alpha value is -1.43. The summed E-state index contributed by atoms with van der Waals surface area (Å²) in [7, 11) is 0. The number of aromatic nitrogens is 1. The monoisotopic (exact) mass is 321 g/mol. The van der Waals surface area contributed by atoms with Gasteiger partial charge in [-0.3, -0.25) is 9.59 Å². The van der Waals surface area contributed by atoms with Gasteiger partial charge in [-0.05, 0) is 25.7 Å². The molecule has 1 aromatic rings. The largest absolute Gasteiger partial charge is 0.350 e. The van der Waals surface area contributed by atoms with Gasteiger partial charge in [0.15, 0.2) is 0 Å². The minimum atomic E-state index is 0.0495. The summed E-state index contributed by atoms with van der Waals surface area (Å²) in [5.74, 6) is 1.05. The van der Waals surface area contributed by atoms with Crippen molar-refractivity contribution < 1.29 is 9.59 Å². The van der Waals surface area contributed by atoms with Crippen molar-refractivity contribution in [1.29, 1.82) is 0 Å². The van der Waals surface area contributed by atoms with Crippen molar-refractivity contribution in [3.8, 4) is 0 Å². The van der Waals surface area contributed by atoms with Crippen LogP contribution in [0.4, 0.5) is 0 Å². The van der Waals surface area contributed by atoms with Crippen molar-refractivity contribution in [3.05, 3.63) is 16.1 Å². The fourth-order valence-corrected chi connectivity index (χ4v) is 3.82. The second-order valence-electron chi connectivity index (χ2n) is 6.21. The standard InChI is InChI=1S/C16H23N3O2S/c1-2-14(20)17-8-13-10-22-15(18-13)12-4-3-7-19(9-12)16(21)11-5-6-11/h10-12H,2-9H2,1H3,(H,17,20)/t12-/m1/s1. The molecule has 1 aromatic heterocycles. The Bertz CT molecular complexity index is 553. The molecule has 1 atom stereocenters. The second-order valence-corrected chi connectivity index (χ2v) is 7.09. The molecule has 1 aliphatic carbocycles. The summed E-state index contributed by atoms with van der Waals surface area (Å²) in [6.07, 6.45) is 4.79. The van der Waals surface area contributed by atoms with Gasteiger partial charge in [-0.15, -0.1) is 11.3 Å². The van der Waals surface area contributed by atoms with Crippen LogP contribution in [-0.4, -0.2) is 34.8 Å². The number of carbonyl (C=O) groups excluding carboxylic acids is 2. The predicted octanol–water partition coefficient (Wildman–Crippen LogP) is 2.29. The lowest BCUT2D eigenvalue weighted by Crippen LogP contribution is -2.39. The lowest BCUT2D eigenvalue weighted by molar-refractivity contribution is -0.133. The minimum Gasteiger partial charge on any atom is -0.350 e. The number of nitrogens with one attached hydrogen (secondary N) is 1. The Balaban J connectivity index is 1.57. The smallest absolute Gasteiger partial charge is 0.225 e. The Morgan fingerprint density at radius 2 is 2.23 bits per heavy atom. The highest BCUT2D eigenvalue weighted by Gasteiger charge is 2.36. The van der Waals surface area contributed by atoms with Crippen LogP contribution < -0.4 is 5.32 Å². The van der Waals surface area contributed by atoms with E-state index in [0.29, 0.717) is 30.7 Å². The maximum Gasteiger partial charge on any atom is 0.225 e. The SMILES string of the molecule is CCC(=O)NCc1csc([C@@H]2CCCN(C(=O)C3CC3)C2)n1. The van der Waals surface area contributed by atoms with E-state index in [1.54, 1.807) is 11.3 Å². The van der Waals surface area contributed by atoms with E-state index in [1.807, 2.05) is 17.2 Å². The van der Waals surface area contributed by atoms with Gasteiger partial charge in [0.25, 0.3) is 0 Å². The van der Waals surface area contributed by atoms with E-state index >= 15 is 0 Å². The highest BCUT2D eigenvalue weighted by molar-refractivity contribution is 7.09. The molecule has 22 heavy (non-hydrogen) atoms. The van der Waals surface area contributed by atoms with Crippen molar-refractivity contribution in [2.45, 2.75) is 51.5 Å². The van der Waals surface area contributed by atoms with Crippen LogP contribution in [0.5, 0.6) is 0 Å². The Labute approximate surface area is 135 Å². The number of rotatable bonds is 5. The first-order valence-corrected chi connectivity index (χ1v) is 9.05. The zero-order chi connectivity index (χ0) is 15.5. The number of likely N-dealkylation sites (tertiary alicyclic amines) is 1. The first-order valence-electron chi connectivity index (χ1n) is 8.17. The van der Waals surface area contributed by atoms with Crippen LogP contribution in [0.1, 0.15) is 55.6 Å². The summed E-state index contributed by atoms with van der Waals surface area (Å²) in [5, 5.41) is 5.98. The normalized spacial score (nSPS) is 21.7. The van der Waals surface area contributed by atoms with Gasteiger partial charge in [-0.2, -0.15) is 0 Å². The molecule has 3 rings (SSSR count). The van der Waals surface area contributed by atoms with Gasteiger partial charge in [-0.25, -0.2) is 4.98 Å². The second kappa shape index (κ2) is 6.77. The summed E-state index contributed by atoms with van der Waals surface area (Å²) in [6.45, 7) is 4.05. The maximum absolute atomic E-state index is 12.2. The number of piperidine rings is 1. The lowest BCUT2D eigenvalue weighted by atomic mass is 9.98. The molecule has 2 amide bonds. The summed E-state index contributed by atoms with van der Waals surface area (Å²) in [5.41, 5.74) is 0.924. The molecular formula is C16H23N3O2S. The Morgan fingerprint density at radius 3 is 2.95 bits per heavy atom. The van der Waals surface area contributed by atoms with Crippen molar-refractivity contribution in [2.75, 3.05) is 13.1 Å². The fraction of sp³-hybridized carbons (Fsp3) is 0.688. The van der Waals surface area contributed by atoms with E-state index in [1.165, 1.54) is 0 Å². The number of hydrogen-bond donors (Lipinski definition) is 1. The first-order chi connectivity index (χ1) is 10.7. The molecule has 0 bridgehead atoms. The summed E-state index contributed by atoms with van der Waals surface area (Å²) >= 11 is 1.65. The third-order valence-corrected chi connectivity index (χ3v) is 5.42. The molecule has 1 saturated heterocycles. The van der Waals surface area contributed by atoms with Crippen LogP contribution in [0.15, 0.2) is 5.38 Å². The molecule has 0 aromatic carbocycles. The molecule has 2 heterocycles. The molecule has 5 nitrogen and oxygen atoms in total. The molecule has 2 fully saturated rings. The van der Waals surface area contributed by atoms with Gasteiger partial charge < -0.3 is 10.2 Å². The summed E-state index contributed by atoms with van der Waals surface area (Å²) in [4.78, 5) is 30.2. The van der Waals surface area contributed by atoms with Crippen LogP contribution in [-0.2, 0) is 16.1 Å². The van der Waals surface area contributed by atoms with E-state index in [9.17, 15) is 9.59 Å². The van der Waals surface area contributed by atoms with Gasteiger partial charge in [0, 0.05) is 36.7 Å². The molecule has 1 N–H and O–H groups in total. The molecule has 2 aliphatic rings. The third kappa shape index (κ3) is 3.66. The van der Waals surface area contributed by atoms with E-state index in [0.717, 1.165) is 49.5 Å². The molecule has 6 heteroatoms. The number of carbonyl (C=O) groups is 2. The summed E-state index contributed by atoms with van der Waals surface area (Å²) < 4.78 is 0. The van der Waals surface area contributed by atoms with Crippen LogP contribution in [0, 0.1) is 5.92 Å². The molecule has 0 spiro atoms. The van der Waals surface area contributed by atoms with Crippen LogP contribution >= 0.6 is 11.3 Å². The quantitative estimate of drug-likeness (QED) is 0.905. The molecule has 1 saturated carbocycles. The van der Waals surface area contributed by atoms with Gasteiger partial charge >= 0.3 is 0 Å². The first kappa shape index (κ1) is 15.5. The predicted molar refractivity (Wildman–Crippen MR) is 85.5 cm³/mol. The zero-order valence-corrected chi connectivity index (χ0v) is 13.8. The number of hydrogen-bond acceptors (Lipinski definition) is 4. The number of amides is 2. The van der Waals surface area contributed by atoms with Crippen molar-refractivity contribution in [2.24, 2.45) is 5.92 Å². The minimum absolute atomic E-state index is 0.0495. The zero-order valence-electron chi connectivity index (χ0n) is 13.0. The average molecular weight is 321 g/mol. The van der Waals surface area contributed by atoms with Gasteiger partial charge in [0.2, 0.25) is 11.8 Å². The van der Waals surface area contributed by atoms with E-state index < -0.39 is 0 Å². The molecule has 0 radical (unpaired) electrons. The topological polar surface area (TPSA) is 62.3 Å². The lowest BCUT2D eigenvalue weighted by Gasteiger charge is -2.32.